The number of nitrogens with zero attached hydrogens (tertiary/aromatic N) is 1. The molecule has 1 rings (SSSR count). The Morgan fingerprint density at radius 2 is 2.33 bits per heavy atom. The van der Waals surface area contributed by atoms with Crippen molar-refractivity contribution in [2.24, 2.45) is 0 Å². The SMILES string of the molecule is CC1C(=O)NC(=O)CN1C(=O)OCCO. The van der Waals surface area contributed by atoms with E-state index < -0.39 is 23.9 Å². The predicted octanol–water partition coefficient (Wildman–Crippen LogP) is -1.54. The van der Waals surface area contributed by atoms with Crippen LogP contribution < -0.4 is 5.32 Å². The zero-order chi connectivity index (χ0) is 11.4. The summed E-state index contributed by atoms with van der Waals surface area (Å²) in [6.07, 6.45) is -0.778. The van der Waals surface area contributed by atoms with E-state index in [2.05, 4.69) is 10.1 Å². The maximum absolute atomic E-state index is 11.3. The first-order valence-corrected chi connectivity index (χ1v) is 4.44. The molecule has 3 amide bonds. The van der Waals surface area contributed by atoms with Crippen LogP contribution in [0.3, 0.4) is 0 Å². The van der Waals surface area contributed by atoms with Crippen molar-refractivity contribution in [1.82, 2.24) is 10.2 Å². The highest BCUT2D eigenvalue weighted by Crippen LogP contribution is 2.06. The molecule has 1 aliphatic heterocycles. The molecule has 15 heavy (non-hydrogen) atoms. The Hall–Kier alpha value is -1.63. The van der Waals surface area contributed by atoms with Crippen LogP contribution >= 0.6 is 0 Å². The fraction of sp³-hybridized carbons (Fsp3) is 0.625. The lowest BCUT2D eigenvalue weighted by Gasteiger charge is -2.30. The normalized spacial score (nSPS) is 21.2. The molecule has 0 saturated carbocycles. The lowest BCUT2D eigenvalue weighted by molar-refractivity contribution is -0.138. The highest BCUT2D eigenvalue weighted by Gasteiger charge is 2.34. The number of carbonyl (C=O) groups is 3. The largest absolute Gasteiger partial charge is 0.447 e. The van der Waals surface area contributed by atoms with Gasteiger partial charge in [-0.3, -0.25) is 19.8 Å². The van der Waals surface area contributed by atoms with Crippen LogP contribution in [0.5, 0.6) is 0 Å². The van der Waals surface area contributed by atoms with Gasteiger partial charge in [0.05, 0.1) is 6.61 Å². The van der Waals surface area contributed by atoms with Gasteiger partial charge in [-0.25, -0.2) is 4.79 Å². The molecule has 1 aliphatic rings. The van der Waals surface area contributed by atoms with Gasteiger partial charge in [0.25, 0.3) is 0 Å². The first-order valence-electron chi connectivity index (χ1n) is 4.44. The van der Waals surface area contributed by atoms with Gasteiger partial charge in [0.1, 0.15) is 19.2 Å². The Bertz CT molecular complexity index is 291. The second-order valence-corrected chi connectivity index (χ2v) is 3.05. The summed E-state index contributed by atoms with van der Waals surface area (Å²) in [5.74, 6) is -1.08. The molecule has 0 aliphatic carbocycles. The lowest BCUT2D eigenvalue weighted by atomic mass is 10.2. The average molecular weight is 216 g/mol. The molecule has 0 aromatic carbocycles. The summed E-state index contributed by atoms with van der Waals surface area (Å²) in [6.45, 7) is 0.825. The zero-order valence-electron chi connectivity index (χ0n) is 8.23. The van der Waals surface area contributed by atoms with Crippen molar-refractivity contribution >= 4 is 17.9 Å². The molecule has 0 radical (unpaired) electrons. The number of nitrogens with one attached hydrogen (secondary N) is 1. The summed E-state index contributed by atoms with van der Waals surface area (Å²) in [4.78, 5) is 34.5. The van der Waals surface area contributed by atoms with Crippen LogP contribution in [0, 0.1) is 0 Å². The molecule has 0 aromatic heterocycles. The van der Waals surface area contributed by atoms with Crippen LogP contribution in [0.1, 0.15) is 6.92 Å². The monoisotopic (exact) mass is 216 g/mol. The van der Waals surface area contributed by atoms with Crippen molar-refractivity contribution in [2.45, 2.75) is 13.0 Å². The average Bonchev–Trinajstić information content (AvgIpc) is 2.19. The number of hydrogen-bond donors (Lipinski definition) is 2. The number of aliphatic hydroxyl groups is 1. The molecule has 0 aromatic rings. The highest BCUT2D eigenvalue weighted by atomic mass is 16.6. The van der Waals surface area contributed by atoms with Gasteiger partial charge in [-0.1, -0.05) is 0 Å². The first kappa shape index (κ1) is 11.4. The molecule has 1 unspecified atom stereocenters. The summed E-state index contributed by atoms with van der Waals surface area (Å²) in [5.41, 5.74) is 0. The number of amides is 3. The molecule has 84 valence electrons. The Labute approximate surface area is 86.0 Å². The van der Waals surface area contributed by atoms with Crippen molar-refractivity contribution in [3.63, 3.8) is 0 Å². The standard InChI is InChI=1S/C8H12N2O5/c1-5-7(13)9-6(12)4-10(5)8(14)15-3-2-11/h5,11H,2-4H2,1H3,(H,9,12,13). The molecule has 0 bridgehead atoms. The van der Waals surface area contributed by atoms with Crippen molar-refractivity contribution in [2.75, 3.05) is 19.8 Å². The maximum atomic E-state index is 11.3. The van der Waals surface area contributed by atoms with E-state index in [0.29, 0.717) is 0 Å². The van der Waals surface area contributed by atoms with Gasteiger partial charge in [0.2, 0.25) is 11.8 Å². The number of carbonyl (C=O) groups excluding carboxylic acids is 3. The molecular formula is C8H12N2O5. The van der Waals surface area contributed by atoms with Gasteiger partial charge in [0, 0.05) is 0 Å². The van der Waals surface area contributed by atoms with Crippen molar-refractivity contribution in [3.8, 4) is 0 Å². The Morgan fingerprint density at radius 1 is 1.67 bits per heavy atom. The van der Waals surface area contributed by atoms with Gasteiger partial charge in [-0.15, -0.1) is 0 Å². The third-order valence-electron chi connectivity index (χ3n) is 1.97. The van der Waals surface area contributed by atoms with Gasteiger partial charge in [-0.2, -0.15) is 0 Å². The van der Waals surface area contributed by atoms with Gasteiger partial charge in [0.15, 0.2) is 0 Å². The van der Waals surface area contributed by atoms with E-state index in [1.165, 1.54) is 6.92 Å². The predicted molar refractivity (Wildman–Crippen MR) is 47.8 cm³/mol. The summed E-state index contributed by atoms with van der Waals surface area (Å²) in [7, 11) is 0. The smallest absolute Gasteiger partial charge is 0.410 e. The number of imide groups is 1. The molecule has 1 atom stereocenters. The maximum Gasteiger partial charge on any atom is 0.410 e. The van der Waals surface area contributed by atoms with Gasteiger partial charge >= 0.3 is 6.09 Å². The van der Waals surface area contributed by atoms with E-state index in [-0.39, 0.29) is 19.8 Å². The summed E-state index contributed by atoms with van der Waals surface area (Å²) in [6, 6.07) is -0.742. The number of aliphatic hydroxyl groups excluding tert-OH is 1. The van der Waals surface area contributed by atoms with E-state index in [4.69, 9.17) is 5.11 Å². The van der Waals surface area contributed by atoms with Crippen molar-refractivity contribution in [3.05, 3.63) is 0 Å². The van der Waals surface area contributed by atoms with Gasteiger partial charge < -0.3 is 9.84 Å². The van der Waals surface area contributed by atoms with E-state index in [1.807, 2.05) is 0 Å². The van der Waals surface area contributed by atoms with Crippen molar-refractivity contribution in [1.29, 1.82) is 0 Å². The second-order valence-electron chi connectivity index (χ2n) is 3.05. The van der Waals surface area contributed by atoms with Crippen LogP contribution in [0.2, 0.25) is 0 Å². The van der Waals surface area contributed by atoms with Crippen LogP contribution in [0.25, 0.3) is 0 Å². The lowest BCUT2D eigenvalue weighted by Crippen LogP contribution is -2.58. The van der Waals surface area contributed by atoms with E-state index in [9.17, 15) is 14.4 Å². The molecule has 1 heterocycles. The highest BCUT2D eigenvalue weighted by molar-refractivity contribution is 6.03. The van der Waals surface area contributed by atoms with Crippen LogP contribution in [0.15, 0.2) is 0 Å². The molecular weight excluding hydrogens is 204 g/mol. The number of hydrogen-bond acceptors (Lipinski definition) is 5. The summed E-state index contributed by atoms with van der Waals surface area (Å²) in [5, 5.41) is 10.5. The number of ether oxygens (including phenoxy) is 1. The Balaban J connectivity index is 2.62. The van der Waals surface area contributed by atoms with E-state index in [1.54, 1.807) is 0 Å². The fourth-order valence-corrected chi connectivity index (χ4v) is 1.15. The minimum absolute atomic E-state index is 0.155. The zero-order valence-corrected chi connectivity index (χ0v) is 8.23. The summed E-state index contributed by atoms with van der Waals surface area (Å²) >= 11 is 0. The Morgan fingerprint density at radius 3 is 2.93 bits per heavy atom. The minimum Gasteiger partial charge on any atom is -0.447 e. The molecule has 7 heteroatoms. The third kappa shape index (κ3) is 2.66. The number of rotatable bonds is 2. The summed E-state index contributed by atoms with van der Waals surface area (Å²) < 4.78 is 4.60. The van der Waals surface area contributed by atoms with Crippen molar-refractivity contribution < 1.29 is 24.2 Å². The molecule has 2 N–H and O–H groups in total. The van der Waals surface area contributed by atoms with Crippen LogP contribution in [-0.2, 0) is 14.3 Å². The molecule has 0 spiro atoms. The van der Waals surface area contributed by atoms with Gasteiger partial charge in [-0.05, 0) is 6.92 Å². The topological polar surface area (TPSA) is 95.9 Å². The Kier molecular flexibility index (Phi) is 3.62. The molecule has 1 fully saturated rings. The minimum atomic E-state index is -0.778. The fourth-order valence-electron chi connectivity index (χ4n) is 1.15. The van der Waals surface area contributed by atoms with E-state index in [0.717, 1.165) is 4.90 Å². The molecule has 7 nitrogen and oxygen atoms in total. The first-order chi connectivity index (χ1) is 7.06. The van der Waals surface area contributed by atoms with E-state index >= 15 is 0 Å². The van der Waals surface area contributed by atoms with Crippen LogP contribution in [-0.4, -0.2) is 53.7 Å². The third-order valence-corrected chi connectivity index (χ3v) is 1.97. The second kappa shape index (κ2) is 4.74. The van der Waals surface area contributed by atoms with Crippen LogP contribution in [0.4, 0.5) is 4.79 Å². The quantitative estimate of drug-likeness (QED) is 0.545. The molecule has 1 saturated heterocycles. The number of piperazine rings is 1.